The number of carbonyl (C=O) groups excluding carboxylic acids is 10. The average Bonchev–Trinajstić information content (AvgIpc) is 4.43. The Balaban J connectivity index is 1.24. The van der Waals surface area contributed by atoms with Gasteiger partial charge in [-0.1, -0.05) is 80.4 Å². The van der Waals surface area contributed by atoms with Gasteiger partial charge in [-0.15, -0.1) is 0 Å². The summed E-state index contributed by atoms with van der Waals surface area (Å²) in [7, 11) is 0. The maximum absolute atomic E-state index is 15.0. The SMILES string of the molecule is CCCC[C@H](NC(C)=O)C(=O)NC1CC(=O)NCCCC[C@@H](C(N)=O)NC(=O)[C@H](Cc2c[nH]c3ccccc23)NC(=O)[C@H](CCCN=C(N)N)NC(=O)C(Cc2ccc3ccccc3c2)NC(=O)[C@@H]2CCCN2C(=O)[C@@H]2CCCN2C1=O. The summed E-state index contributed by atoms with van der Waals surface area (Å²) in [4.78, 5) is 151. The monoisotopic (exact) mass is 1130 g/mol. The fourth-order valence-corrected chi connectivity index (χ4v) is 11.0. The van der Waals surface area contributed by atoms with Crippen LogP contribution >= 0.6 is 0 Å². The lowest BCUT2D eigenvalue weighted by molar-refractivity contribution is -0.148. The highest BCUT2D eigenvalue weighted by Gasteiger charge is 2.45. The fourth-order valence-electron chi connectivity index (χ4n) is 11.0. The van der Waals surface area contributed by atoms with Gasteiger partial charge in [-0.05, 0) is 92.2 Å². The van der Waals surface area contributed by atoms with E-state index < -0.39 is 114 Å². The van der Waals surface area contributed by atoms with Crippen LogP contribution in [0.15, 0.2) is 77.9 Å². The first-order chi connectivity index (χ1) is 39.4. The number of unbranched alkanes of at least 4 members (excludes halogenated alkanes) is 1. The molecular formula is C58H78N14O10. The van der Waals surface area contributed by atoms with Crippen molar-refractivity contribution in [2.45, 2.75) is 158 Å². The van der Waals surface area contributed by atoms with Crippen molar-refractivity contribution in [2.75, 3.05) is 26.2 Å². The molecule has 0 spiro atoms. The van der Waals surface area contributed by atoms with Gasteiger partial charge in [0.2, 0.25) is 59.1 Å². The van der Waals surface area contributed by atoms with Gasteiger partial charge in [-0.2, -0.15) is 0 Å². The summed E-state index contributed by atoms with van der Waals surface area (Å²) in [5.74, 6) is -6.98. The summed E-state index contributed by atoms with van der Waals surface area (Å²) in [5, 5.41) is 22.0. The van der Waals surface area contributed by atoms with Crippen LogP contribution in [0.3, 0.4) is 0 Å². The Hall–Kier alpha value is -8.57. The molecule has 0 aliphatic carbocycles. The number of carbonyl (C=O) groups is 10. The van der Waals surface area contributed by atoms with Gasteiger partial charge in [0, 0.05) is 63.0 Å². The van der Waals surface area contributed by atoms with E-state index >= 15 is 0 Å². The second kappa shape index (κ2) is 29.2. The highest BCUT2D eigenvalue weighted by Crippen LogP contribution is 2.27. The number of aliphatic imine (C=N–C) groups is 1. The first-order valence-electron chi connectivity index (χ1n) is 28.4. The Morgan fingerprint density at radius 3 is 2.10 bits per heavy atom. The van der Waals surface area contributed by atoms with Crippen molar-refractivity contribution in [1.29, 1.82) is 0 Å². The van der Waals surface area contributed by atoms with Crippen LogP contribution in [-0.4, -0.2) is 154 Å². The number of benzene rings is 3. The molecule has 3 fully saturated rings. The van der Waals surface area contributed by atoms with Crippen molar-refractivity contribution in [3.05, 3.63) is 84.1 Å². The minimum atomic E-state index is -1.47. The van der Waals surface area contributed by atoms with E-state index in [-0.39, 0.29) is 96.3 Å². The smallest absolute Gasteiger partial charge is 0.246 e. The Labute approximate surface area is 476 Å². The van der Waals surface area contributed by atoms with Crippen LogP contribution in [0.2, 0.25) is 0 Å². The van der Waals surface area contributed by atoms with E-state index in [1.165, 1.54) is 16.7 Å². The zero-order valence-electron chi connectivity index (χ0n) is 46.6. The molecule has 3 aliphatic heterocycles. The number of para-hydroxylation sites is 1. The fraction of sp³-hybridized carbons (Fsp3) is 0.500. The second-order valence-corrected chi connectivity index (χ2v) is 21.4. The molecule has 3 saturated heterocycles. The van der Waals surface area contributed by atoms with Gasteiger partial charge < -0.3 is 69.2 Å². The molecular weight excluding hydrogens is 1050 g/mol. The number of nitrogens with zero attached hydrogens (tertiary/aromatic N) is 3. The van der Waals surface area contributed by atoms with Crippen molar-refractivity contribution >= 4 is 86.7 Å². The van der Waals surface area contributed by atoms with Crippen LogP contribution in [-0.2, 0) is 60.8 Å². The van der Waals surface area contributed by atoms with Gasteiger partial charge >= 0.3 is 0 Å². The highest BCUT2D eigenvalue weighted by molar-refractivity contribution is 6.00. The normalized spacial score (nSPS) is 23.3. The summed E-state index contributed by atoms with van der Waals surface area (Å²) in [5.41, 5.74) is 19.2. The summed E-state index contributed by atoms with van der Waals surface area (Å²) >= 11 is 0. The van der Waals surface area contributed by atoms with E-state index in [0.717, 1.165) is 21.7 Å². The van der Waals surface area contributed by atoms with E-state index in [4.69, 9.17) is 17.2 Å². The Morgan fingerprint density at radius 1 is 0.707 bits per heavy atom. The molecule has 0 bridgehead atoms. The molecule has 0 saturated carbocycles. The first kappa shape index (κ1) is 61.1. The van der Waals surface area contributed by atoms with Crippen molar-refractivity contribution < 1.29 is 47.9 Å². The van der Waals surface area contributed by atoms with E-state index in [0.29, 0.717) is 36.8 Å². The molecule has 3 aromatic carbocycles. The van der Waals surface area contributed by atoms with Crippen molar-refractivity contribution in [1.82, 2.24) is 52.0 Å². The summed E-state index contributed by atoms with van der Waals surface area (Å²) in [6.45, 7) is 3.58. The number of hydrogen-bond donors (Lipinski definition) is 11. The summed E-state index contributed by atoms with van der Waals surface area (Å²) in [6.07, 6.45) is 4.57. The zero-order valence-corrected chi connectivity index (χ0v) is 46.6. The molecule has 82 heavy (non-hydrogen) atoms. The molecule has 24 nitrogen and oxygen atoms in total. The van der Waals surface area contributed by atoms with Crippen molar-refractivity contribution in [3.63, 3.8) is 0 Å². The van der Waals surface area contributed by atoms with Gasteiger partial charge in [-0.25, -0.2) is 0 Å². The number of aromatic nitrogens is 1. The number of H-pyrrole nitrogens is 1. The van der Waals surface area contributed by atoms with Gasteiger partial charge in [0.25, 0.3) is 0 Å². The summed E-state index contributed by atoms with van der Waals surface area (Å²) < 4.78 is 0. The van der Waals surface area contributed by atoms with Gasteiger partial charge in [0.1, 0.15) is 48.3 Å². The number of fused-ring (bicyclic) bond motifs is 4. The number of aromatic amines is 1. The quantitative estimate of drug-likeness (QED) is 0.0439. The lowest BCUT2D eigenvalue weighted by Crippen LogP contribution is -2.60. The molecule has 14 N–H and O–H groups in total. The Bertz CT molecular complexity index is 3010. The van der Waals surface area contributed by atoms with Crippen LogP contribution in [0.4, 0.5) is 0 Å². The minimum absolute atomic E-state index is 0.0280. The summed E-state index contributed by atoms with van der Waals surface area (Å²) in [6, 6.07) is 10.7. The molecule has 7 rings (SSSR count). The molecule has 4 aromatic rings. The third-order valence-corrected chi connectivity index (χ3v) is 15.3. The number of primary amides is 1. The zero-order chi connectivity index (χ0) is 58.9. The molecule has 4 heterocycles. The molecule has 3 aliphatic rings. The number of guanidine groups is 1. The third-order valence-electron chi connectivity index (χ3n) is 15.3. The predicted molar refractivity (Wildman–Crippen MR) is 306 cm³/mol. The number of nitrogens with two attached hydrogens (primary N) is 3. The largest absolute Gasteiger partial charge is 0.370 e. The highest BCUT2D eigenvalue weighted by atomic mass is 16.2. The maximum Gasteiger partial charge on any atom is 0.246 e. The topological polar surface area (TPSA) is 368 Å². The first-order valence-corrected chi connectivity index (χ1v) is 28.4. The minimum Gasteiger partial charge on any atom is -0.370 e. The van der Waals surface area contributed by atoms with Crippen LogP contribution in [0.1, 0.15) is 108 Å². The molecule has 10 amide bonds. The van der Waals surface area contributed by atoms with Gasteiger partial charge in [0.05, 0.1) is 6.42 Å². The number of amides is 10. The molecule has 24 heteroatoms. The number of hydrogen-bond acceptors (Lipinski definition) is 11. The van der Waals surface area contributed by atoms with E-state index in [2.05, 4.69) is 47.2 Å². The lowest BCUT2D eigenvalue weighted by Gasteiger charge is -2.33. The van der Waals surface area contributed by atoms with Crippen LogP contribution in [0, 0.1) is 0 Å². The van der Waals surface area contributed by atoms with E-state index in [1.54, 1.807) is 6.20 Å². The Morgan fingerprint density at radius 2 is 1.37 bits per heavy atom. The third kappa shape index (κ3) is 16.5. The predicted octanol–water partition coefficient (Wildman–Crippen LogP) is 0.436. The number of nitrogens with one attached hydrogen (secondary N) is 8. The molecule has 1 aromatic heterocycles. The molecule has 2 unspecified atom stereocenters. The van der Waals surface area contributed by atoms with Crippen molar-refractivity contribution in [3.8, 4) is 0 Å². The second-order valence-electron chi connectivity index (χ2n) is 21.4. The Kier molecular flexibility index (Phi) is 21.8. The van der Waals surface area contributed by atoms with Crippen LogP contribution in [0.5, 0.6) is 0 Å². The molecule has 0 radical (unpaired) electrons. The van der Waals surface area contributed by atoms with Crippen molar-refractivity contribution in [2.24, 2.45) is 22.2 Å². The van der Waals surface area contributed by atoms with Crippen LogP contribution in [0.25, 0.3) is 21.7 Å². The number of rotatable bonds is 15. The molecule has 440 valence electrons. The lowest BCUT2D eigenvalue weighted by atomic mass is 9.99. The average molecular weight is 1130 g/mol. The van der Waals surface area contributed by atoms with E-state index in [1.807, 2.05) is 73.7 Å². The van der Waals surface area contributed by atoms with Gasteiger partial charge in [0.15, 0.2) is 5.96 Å². The van der Waals surface area contributed by atoms with Gasteiger partial charge in [-0.3, -0.25) is 52.9 Å². The molecule has 8 atom stereocenters. The van der Waals surface area contributed by atoms with E-state index in [9.17, 15) is 47.9 Å². The maximum atomic E-state index is 15.0. The standard InChI is InChI=1S/C58H78N14O10/c1-3-4-17-42(65-34(2)73)51(76)70-46-32-49(74)62-25-10-9-19-41(50(59)75)66-54(79)45(31-38-33-64-40-18-8-7-16-39(38)40)68-52(77)43(20-11-26-63-58(60)61)67-53(78)44(30-35-23-24-36-14-5-6-15-37(36)29-35)69-55(80)47-21-12-27-71(47)57(82)48-22-13-28-72(48)56(46)81/h5-8,14-16,18,23-24,29,33,41-48,64H,3-4,9-13,17,19-22,25-28,30-32H2,1-2H3,(H2,59,75)(H,62,74)(H,65,73)(H,66,79)(H,67,78)(H,68,77)(H,69,80)(H,70,76)(H4,60,61,63)/t41-,42-,43-,44?,45-,46?,47-,48-/m0/s1. The van der Waals surface area contributed by atoms with Crippen LogP contribution < -0.4 is 54.4 Å².